The van der Waals surface area contributed by atoms with E-state index in [-0.39, 0.29) is 18.3 Å². The molecule has 1 fully saturated rings. The molecule has 3 atom stereocenters. The molecule has 1 saturated heterocycles. The fourth-order valence-corrected chi connectivity index (χ4v) is 2.67. The molecule has 0 radical (unpaired) electrons. The molecule has 1 heterocycles. The number of unbranched alkanes of at least 4 members (excludes halogenated alkanes) is 1. The van der Waals surface area contributed by atoms with Crippen molar-refractivity contribution in [2.45, 2.75) is 51.9 Å². The molecule has 0 saturated carbocycles. The molecular weight excluding hydrogens is 228 g/mol. The minimum atomic E-state index is -0.260. The van der Waals surface area contributed by atoms with Crippen LogP contribution < -0.4 is 0 Å². The highest BCUT2D eigenvalue weighted by Crippen LogP contribution is 2.11. The number of aliphatic hydroxyl groups excluding tert-OH is 1. The summed E-state index contributed by atoms with van der Waals surface area (Å²) in [5.74, 6) is 0. The second kappa shape index (κ2) is 8.10. The standard InChI is InChI=1S/C14H30N2O2/c1-5-6-7-15(4)10-14(17)11-16-8-12(2)18-13(3)9-16/h12-14,17H,5-11H2,1-4H3. The number of aliphatic hydroxyl groups is 1. The van der Waals surface area contributed by atoms with E-state index in [1.807, 2.05) is 0 Å². The van der Waals surface area contributed by atoms with Crippen molar-refractivity contribution in [3.05, 3.63) is 0 Å². The molecule has 108 valence electrons. The van der Waals surface area contributed by atoms with Gasteiger partial charge in [0.25, 0.3) is 0 Å². The van der Waals surface area contributed by atoms with Gasteiger partial charge in [0.15, 0.2) is 0 Å². The molecule has 0 aromatic carbocycles. The van der Waals surface area contributed by atoms with Crippen LogP contribution in [-0.2, 0) is 4.74 Å². The minimum absolute atomic E-state index is 0.260. The molecule has 0 aromatic rings. The van der Waals surface area contributed by atoms with Gasteiger partial charge in [0.1, 0.15) is 0 Å². The number of likely N-dealkylation sites (N-methyl/N-ethyl adjacent to an activating group) is 1. The normalized spacial score (nSPS) is 27.7. The largest absolute Gasteiger partial charge is 0.390 e. The number of hydrogen-bond acceptors (Lipinski definition) is 4. The third kappa shape index (κ3) is 6.14. The second-order valence-electron chi connectivity index (χ2n) is 5.75. The van der Waals surface area contributed by atoms with E-state index in [1.165, 1.54) is 12.8 Å². The van der Waals surface area contributed by atoms with Gasteiger partial charge in [0.2, 0.25) is 0 Å². The number of hydrogen-bond donors (Lipinski definition) is 1. The van der Waals surface area contributed by atoms with Crippen LogP contribution in [0.1, 0.15) is 33.6 Å². The predicted molar refractivity (Wildman–Crippen MR) is 74.9 cm³/mol. The van der Waals surface area contributed by atoms with E-state index in [1.54, 1.807) is 0 Å². The van der Waals surface area contributed by atoms with Gasteiger partial charge in [-0.3, -0.25) is 4.90 Å². The predicted octanol–water partition coefficient (Wildman–Crippen LogP) is 1.19. The molecule has 4 heteroatoms. The first-order valence-electron chi connectivity index (χ1n) is 7.25. The third-order valence-corrected chi connectivity index (χ3v) is 3.38. The molecule has 0 aliphatic carbocycles. The van der Waals surface area contributed by atoms with Gasteiger partial charge >= 0.3 is 0 Å². The lowest BCUT2D eigenvalue weighted by molar-refractivity contribution is -0.0776. The lowest BCUT2D eigenvalue weighted by atomic mass is 10.2. The van der Waals surface area contributed by atoms with Crippen LogP contribution in [-0.4, -0.2) is 73.0 Å². The Morgan fingerprint density at radius 1 is 1.33 bits per heavy atom. The van der Waals surface area contributed by atoms with E-state index < -0.39 is 0 Å². The Bertz CT molecular complexity index is 216. The van der Waals surface area contributed by atoms with Gasteiger partial charge in [-0.15, -0.1) is 0 Å². The lowest BCUT2D eigenvalue weighted by Crippen LogP contribution is -2.49. The van der Waals surface area contributed by atoms with Gasteiger partial charge in [-0.25, -0.2) is 0 Å². The summed E-state index contributed by atoms with van der Waals surface area (Å²) in [5, 5.41) is 10.1. The number of rotatable bonds is 7. The number of morpholine rings is 1. The molecule has 4 nitrogen and oxygen atoms in total. The van der Waals surface area contributed by atoms with Crippen molar-refractivity contribution in [2.24, 2.45) is 0 Å². The summed E-state index contributed by atoms with van der Waals surface area (Å²) < 4.78 is 5.70. The van der Waals surface area contributed by atoms with Crippen molar-refractivity contribution in [3.63, 3.8) is 0 Å². The SMILES string of the molecule is CCCCN(C)CC(O)CN1CC(C)OC(C)C1. The van der Waals surface area contributed by atoms with Crippen molar-refractivity contribution in [2.75, 3.05) is 39.8 Å². The molecule has 0 spiro atoms. The minimum Gasteiger partial charge on any atom is -0.390 e. The van der Waals surface area contributed by atoms with Crippen molar-refractivity contribution >= 4 is 0 Å². The van der Waals surface area contributed by atoms with E-state index in [4.69, 9.17) is 4.74 Å². The van der Waals surface area contributed by atoms with Crippen molar-refractivity contribution in [1.82, 2.24) is 9.80 Å². The van der Waals surface area contributed by atoms with E-state index >= 15 is 0 Å². The number of β-amino-alcohol motifs (C(OH)–C–C–N with tert-alkyl or cyclic N) is 1. The molecule has 18 heavy (non-hydrogen) atoms. The van der Waals surface area contributed by atoms with Crippen molar-refractivity contribution in [3.8, 4) is 0 Å². The molecule has 1 rings (SSSR count). The number of ether oxygens (including phenoxy) is 1. The fraction of sp³-hybridized carbons (Fsp3) is 1.00. The van der Waals surface area contributed by atoms with Gasteiger partial charge in [-0.2, -0.15) is 0 Å². The second-order valence-corrected chi connectivity index (χ2v) is 5.75. The zero-order valence-corrected chi connectivity index (χ0v) is 12.4. The molecule has 1 aliphatic heterocycles. The monoisotopic (exact) mass is 258 g/mol. The van der Waals surface area contributed by atoms with Crippen LogP contribution in [0.3, 0.4) is 0 Å². The van der Waals surface area contributed by atoms with Gasteiger partial charge in [0.05, 0.1) is 18.3 Å². The van der Waals surface area contributed by atoms with E-state index in [0.717, 1.165) is 32.7 Å². The highest BCUT2D eigenvalue weighted by molar-refractivity contribution is 4.76. The maximum Gasteiger partial charge on any atom is 0.0793 e. The van der Waals surface area contributed by atoms with Crippen LogP contribution >= 0.6 is 0 Å². The topological polar surface area (TPSA) is 35.9 Å². The van der Waals surface area contributed by atoms with Gasteiger partial charge in [-0.05, 0) is 33.9 Å². The fourth-order valence-electron chi connectivity index (χ4n) is 2.67. The van der Waals surface area contributed by atoms with Crippen molar-refractivity contribution < 1.29 is 9.84 Å². The van der Waals surface area contributed by atoms with Crippen LogP contribution in [0.25, 0.3) is 0 Å². The highest BCUT2D eigenvalue weighted by Gasteiger charge is 2.23. The summed E-state index contributed by atoms with van der Waals surface area (Å²) in [7, 11) is 2.09. The van der Waals surface area contributed by atoms with Crippen LogP contribution in [0.2, 0.25) is 0 Å². The Labute approximate surface area is 112 Å². The quantitative estimate of drug-likeness (QED) is 0.744. The zero-order chi connectivity index (χ0) is 13.5. The average molecular weight is 258 g/mol. The Hall–Kier alpha value is -0.160. The Morgan fingerprint density at radius 3 is 2.50 bits per heavy atom. The molecule has 3 unspecified atom stereocenters. The van der Waals surface area contributed by atoms with Crippen LogP contribution in [0, 0.1) is 0 Å². The van der Waals surface area contributed by atoms with E-state index in [2.05, 4.69) is 37.6 Å². The summed E-state index contributed by atoms with van der Waals surface area (Å²) in [6.07, 6.45) is 2.70. The van der Waals surface area contributed by atoms with Crippen LogP contribution in [0.15, 0.2) is 0 Å². The maximum atomic E-state index is 10.1. The first-order chi connectivity index (χ1) is 8.51. The summed E-state index contributed by atoms with van der Waals surface area (Å²) in [5.41, 5.74) is 0. The van der Waals surface area contributed by atoms with Crippen LogP contribution in [0.5, 0.6) is 0 Å². The molecule has 1 aliphatic rings. The third-order valence-electron chi connectivity index (χ3n) is 3.38. The van der Waals surface area contributed by atoms with Crippen LogP contribution in [0.4, 0.5) is 0 Å². The van der Waals surface area contributed by atoms with Gasteiger partial charge < -0.3 is 14.7 Å². The van der Waals surface area contributed by atoms with Gasteiger partial charge in [-0.1, -0.05) is 13.3 Å². The first-order valence-corrected chi connectivity index (χ1v) is 7.25. The molecule has 0 amide bonds. The average Bonchev–Trinajstić information content (AvgIpc) is 2.24. The van der Waals surface area contributed by atoms with E-state index in [0.29, 0.717) is 0 Å². The number of nitrogens with zero attached hydrogens (tertiary/aromatic N) is 2. The van der Waals surface area contributed by atoms with Crippen molar-refractivity contribution in [1.29, 1.82) is 0 Å². The summed E-state index contributed by atoms with van der Waals surface area (Å²) in [6, 6.07) is 0. The Balaban J connectivity index is 2.24. The molecule has 1 N–H and O–H groups in total. The van der Waals surface area contributed by atoms with Gasteiger partial charge in [0, 0.05) is 26.2 Å². The Morgan fingerprint density at radius 2 is 1.94 bits per heavy atom. The summed E-state index contributed by atoms with van der Waals surface area (Å²) in [6.45, 7) is 10.9. The molecule has 0 aromatic heterocycles. The lowest BCUT2D eigenvalue weighted by Gasteiger charge is -2.36. The summed E-state index contributed by atoms with van der Waals surface area (Å²) >= 11 is 0. The molecule has 0 bridgehead atoms. The zero-order valence-electron chi connectivity index (χ0n) is 12.4. The highest BCUT2D eigenvalue weighted by atomic mass is 16.5. The molecular formula is C14H30N2O2. The smallest absolute Gasteiger partial charge is 0.0793 e. The summed E-state index contributed by atoms with van der Waals surface area (Å²) in [4.78, 5) is 4.54. The first kappa shape index (κ1) is 15.9. The maximum absolute atomic E-state index is 10.1. The Kier molecular flexibility index (Phi) is 7.15. The van der Waals surface area contributed by atoms with E-state index in [9.17, 15) is 5.11 Å².